The maximum atomic E-state index is 4.26. The van der Waals surface area contributed by atoms with Gasteiger partial charge in [0, 0.05) is 6.21 Å². The van der Waals surface area contributed by atoms with Crippen molar-refractivity contribution in [2.75, 3.05) is 0 Å². The van der Waals surface area contributed by atoms with Gasteiger partial charge in [-0.3, -0.25) is 4.99 Å². The molecule has 0 heterocycles. The number of aliphatic imine (C=N–C) groups is 1. The smallest absolute Gasteiger partial charge is 0.106 e. The van der Waals surface area contributed by atoms with E-state index in [2.05, 4.69) is 34.5 Å². The van der Waals surface area contributed by atoms with Crippen LogP contribution in [0.25, 0.3) is 0 Å². The maximum absolute atomic E-state index is 4.26. The van der Waals surface area contributed by atoms with Crippen molar-refractivity contribution < 1.29 is 0 Å². The number of allylic oxidation sites excluding steroid dienone is 3. The van der Waals surface area contributed by atoms with Gasteiger partial charge in [0.05, 0.1) is 3.26 Å². The first kappa shape index (κ1) is 13.6. The molecule has 4 heteroatoms. The van der Waals surface area contributed by atoms with Crippen molar-refractivity contribution >= 4 is 50.4 Å². The molecule has 0 fully saturated rings. The van der Waals surface area contributed by atoms with Crippen LogP contribution in [0.3, 0.4) is 0 Å². The van der Waals surface area contributed by atoms with Crippen LogP contribution in [0.5, 0.6) is 0 Å². The molecule has 0 spiro atoms. The third-order valence-corrected chi connectivity index (χ3v) is 5.19. The van der Waals surface area contributed by atoms with E-state index >= 15 is 0 Å². The molecule has 74 valence electrons. The van der Waals surface area contributed by atoms with Crippen molar-refractivity contribution in [2.45, 2.75) is 24.0 Å². The summed E-state index contributed by atoms with van der Waals surface area (Å²) < 4.78 is 0.601. The summed E-state index contributed by atoms with van der Waals surface area (Å²) >= 11 is 2.39. The minimum Gasteiger partial charge on any atom is -0.254 e. The van der Waals surface area contributed by atoms with E-state index in [9.17, 15) is 0 Å². The molecule has 0 rings (SSSR count). The first-order valence-electron chi connectivity index (χ1n) is 3.99. The summed E-state index contributed by atoms with van der Waals surface area (Å²) in [5, 5.41) is 1.05. The third kappa shape index (κ3) is 8.90. The zero-order chi connectivity index (χ0) is 10.1. The Hall–Kier alpha value is 0.580. The van der Waals surface area contributed by atoms with Crippen molar-refractivity contribution in [1.29, 1.82) is 0 Å². The number of hydrogen-bond acceptors (Lipinski definition) is 3. The van der Waals surface area contributed by atoms with Crippen LogP contribution in [0.4, 0.5) is 0 Å². The number of rotatable bonds is 5. The van der Waals surface area contributed by atoms with Gasteiger partial charge in [-0.05, 0) is 37.6 Å². The minimum absolute atomic E-state index is 0.601. The van der Waals surface area contributed by atoms with Gasteiger partial charge in [0.1, 0.15) is 5.03 Å². The Labute approximate surface area is 102 Å². The quantitative estimate of drug-likeness (QED) is 0.239. The van der Waals surface area contributed by atoms with Crippen LogP contribution in [0.15, 0.2) is 28.2 Å². The highest BCUT2D eigenvalue weighted by atomic mass is 127. The summed E-state index contributed by atoms with van der Waals surface area (Å²) in [4.78, 5) is 4.26. The average molecular weight is 327 g/mol. The Bertz CT molecular complexity index is 210. The van der Waals surface area contributed by atoms with Crippen molar-refractivity contribution in [3.05, 3.63) is 23.3 Å². The Balaban J connectivity index is 4.09. The standard InChI is InChI=1S/C9H14INS2/c1-4-6-7-9(11-5-2)13-12-8(3)10/h4-8H,1-3H3/b6-4-,9-7+,11-5-. The van der Waals surface area contributed by atoms with E-state index in [-0.39, 0.29) is 0 Å². The first-order valence-corrected chi connectivity index (χ1v) is 7.45. The summed E-state index contributed by atoms with van der Waals surface area (Å²) in [5.74, 6) is 0. The molecule has 1 nitrogen and oxygen atoms in total. The number of nitrogens with zero attached hydrogens (tertiary/aromatic N) is 1. The summed E-state index contributed by atoms with van der Waals surface area (Å²) in [6, 6.07) is 0. The zero-order valence-corrected chi connectivity index (χ0v) is 11.8. The molecular formula is C9H14INS2. The fourth-order valence-corrected chi connectivity index (χ4v) is 2.95. The van der Waals surface area contributed by atoms with E-state index in [0.717, 1.165) is 5.03 Å². The van der Waals surface area contributed by atoms with E-state index in [1.54, 1.807) is 10.8 Å². The van der Waals surface area contributed by atoms with Crippen molar-refractivity contribution in [1.82, 2.24) is 0 Å². The molecule has 1 unspecified atom stereocenters. The van der Waals surface area contributed by atoms with Crippen LogP contribution in [-0.2, 0) is 0 Å². The van der Waals surface area contributed by atoms with Gasteiger partial charge in [0.15, 0.2) is 0 Å². The second kappa shape index (κ2) is 9.15. The molecule has 1 atom stereocenters. The Morgan fingerprint density at radius 3 is 2.62 bits per heavy atom. The monoisotopic (exact) mass is 327 g/mol. The predicted molar refractivity (Wildman–Crippen MR) is 75.7 cm³/mol. The van der Waals surface area contributed by atoms with Gasteiger partial charge in [-0.1, -0.05) is 45.5 Å². The molecule has 13 heavy (non-hydrogen) atoms. The molecule has 0 N–H and O–H groups in total. The SMILES string of the molecule is C\C=C/C=C(\N=C/C)SSC(C)I. The second-order valence-electron chi connectivity index (χ2n) is 2.14. The van der Waals surface area contributed by atoms with Gasteiger partial charge >= 0.3 is 0 Å². The Morgan fingerprint density at radius 2 is 2.15 bits per heavy atom. The molecule has 0 saturated carbocycles. The topological polar surface area (TPSA) is 12.4 Å². The lowest BCUT2D eigenvalue weighted by atomic mass is 10.5. The van der Waals surface area contributed by atoms with Gasteiger partial charge in [0.2, 0.25) is 0 Å². The van der Waals surface area contributed by atoms with E-state index in [1.807, 2.05) is 49.1 Å². The summed E-state index contributed by atoms with van der Waals surface area (Å²) in [6.07, 6.45) is 7.86. The van der Waals surface area contributed by atoms with Crippen LogP contribution in [-0.4, -0.2) is 9.47 Å². The summed E-state index contributed by atoms with van der Waals surface area (Å²) in [5.41, 5.74) is 0. The normalized spacial score (nSPS) is 15.8. The molecular weight excluding hydrogens is 313 g/mol. The van der Waals surface area contributed by atoms with Gasteiger partial charge in [0.25, 0.3) is 0 Å². The van der Waals surface area contributed by atoms with E-state index in [4.69, 9.17) is 0 Å². The lowest BCUT2D eigenvalue weighted by molar-refractivity contribution is 1.49. The molecule has 0 bridgehead atoms. The predicted octanol–water partition coefficient (Wildman–Crippen LogP) is 4.66. The zero-order valence-electron chi connectivity index (χ0n) is 8.03. The fourth-order valence-electron chi connectivity index (χ4n) is 0.514. The molecule has 0 radical (unpaired) electrons. The summed E-state index contributed by atoms with van der Waals surface area (Å²) in [6.45, 7) is 6.10. The first-order chi connectivity index (χ1) is 6.20. The second-order valence-corrected chi connectivity index (χ2v) is 7.42. The molecule has 0 amide bonds. The highest BCUT2D eigenvalue weighted by Crippen LogP contribution is 2.36. The number of halogens is 1. The largest absolute Gasteiger partial charge is 0.254 e. The molecule has 0 aromatic carbocycles. The number of hydrogen-bond donors (Lipinski definition) is 0. The van der Waals surface area contributed by atoms with Crippen LogP contribution in [0.2, 0.25) is 0 Å². The van der Waals surface area contributed by atoms with Gasteiger partial charge in [-0.15, -0.1) is 0 Å². The molecule has 0 aromatic rings. The molecule has 0 aliphatic heterocycles. The van der Waals surface area contributed by atoms with Crippen LogP contribution in [0, 0.1) is 0 Å². The van der Waals surface area contributed by atoms with Gasteiger partial charge < -0.3 is 0 Å². The minimum atomic E-state index is 0.601. The number of alkyl halides is 1. The lowest BCUT2D eigenvalue weighted by Crippen LogP contribution is -1.75. The van der Waals surface area contributed by atoms with Crippen molar-refractivity contribution in [3.8, 4) is 0 Å². The van der Waals surface area contributed by atoms with Crippen molar-refractivity contribution in [3.63, 3.8) is 0 Å². The maximum Gasteiger partial charge on any atom is 0.106 e. The Morgan fingerprint density at radius 1 is 1.46 bits per heavy atom. The van der Waals surface area contributed by atoms with Crippen LogP contribution < -0.4 is 0 Å². The Kier molecular flexibility index (Phi) is 9.56. The van der Waals surface area contributed by atoms with E-state index in [1.165, 1.54) is 0 Å². The van der Waals surface area contributed by atoms with E-state index < -0.39 is 0 Å². The lowest BCUT2D eigenvalue weighted by Gasteiger charge is -2.01. The average Bonchev–Trinajstić information content (AvgIpc) is 2.09. The molecule has 0 aromatic heterocycles. The van der Waals surface area contributed by atoms with E-state index in [0.29, 0.717) is 3.26 Å². The molecule has 0 aliphatic rings. The summed E-state index contributed by atoms with van der Waals surface area (Å²) in [7, 11) is 3.53. The van der Waals surface area contributed by atoms with Gasteiger partial charge in [-0.25, -0.2) is 0 Å². The highest BCUT2D eigenvalue weighted by molar-refractivity contribution is 14.1. The molecule has 0 aliphatic carbocycles. The fraction of sp³-hybridized carbons (Fsp3) is 0.444. The van der Waals surface area contributed by atoms with Gasteiger partial charge in [-0.2, -0.15) is 0 Å². The third-order valence-electron chi connectivity index (χ3n) is 0.954. The van der Waals surface area contributed by atoms with Crippen LogP contribution >= 0.6 is 44.2 Å². The highest BCUT2D eigenvalue weighted by Gasteiger charge is 1.99. The van der Waals surface area contributed by atoms with Crippen molar-refractivity contribution in [2.24, 2.45) is 4.99 Å². The van der Waals surface area contributed by atoms with Crippen LogP contribution in [0.1, 0.15) is 20.8 Å². The molecule has 0 saturated heterocycles.